The fourth-order valence-electron chi connectivity index (χ4n) is 1.98. The molecule has 1 fully saturated rings. The van der Waals surface area contributed by atoms with Gasteiger partial charge >= 0.3 is 5.97 Å². The second-order valence-electron chi connectivity index (χ2n) is 4.35. The summed E-state index contributed by atoms with van der Waals surface area (Å²) >= 11 is 0. The van der Waals surface area contributed by atoms with Gasteiger partial charge in [-0.15, -0.1) is 0 Å². The first-order valence-electron chi connectivity index (χ1n) is 5.85. The zero-order valence-electron chi connectivity index (χ0n) is 10.1. The number of amides is 1. The number of hydrogen-bond acceptors (Lipinski definition) is 4. The molecule has 0 spiro atoms. The molecule has 7 heteroatoms. The van der Waals surface area contributed by atoms with E-state index >= 15 is 0 Å². The van der Waals surface area contributed by atoms with Gasteiger partial charge in [0.05, 0.1) is 16.9 Å². The number of nitrogens with two attached hydrogens (primary N) is 1. The summed E-state index contributed by atoms with van der Waals surface area (Å²) in [7, 11) is 0. The smallest absolute Gasteiger partial charge is 0.338 e. The number of piperidine rings is 1. The number of nitrogens with one attached hydrogen (secondary N) is 2. The molecule has 0 aliphatic carbocycles. The molecular weight excluding hydrogens is 253 g/mol. The van der Waals surface area contributed by atoms with Crippen LogP contribution >= 0.6 is 0 Å². The van der Waals surface area contributed by atoms with E-state index in [4.69, 9.17) is 10.8 Å². The molecular formula is C12H14FN3O3. The first-order valence-corrected chi connectivity index (χ1v) is 5.85. The number of carboxylic acids is 1. The third-order valence-electron chi connectivity index (χ3n) is 2.98. The van der Waals surface area contributed by atoms with Crippen molar-refractivity contribution in [1.82, 2.24) is 5.32 Å². The van der Waals surface area contributed by atoms with Crippen LogP contribution in [0.1, 0.15) is 23.2 Å². The van der Waals surface area contributed by atoms with E-state index in [1.807, 2.05) is 0 Å². The molecule has 0 radical (unpaired) electrons. The van der Waals surface area contributed by atoms with E-state index in [0.717, 1.165) is 18.6 Å². The first-order chi connectivity index (χ1) is 8.99. The van der Waals surface area contributed by atoms with Crippen LogP contribution < -0.4 is 16.4 Å². The Balaban J connectivity index is 2.23. The van der Waals surface area contributed by atoms with E-state index in [2.05, 4.69) is 10.6 Å². The van der Waals surface area contributed by atoms with Crippen LogP contribution in [-0.2, 0) is 4.79 Å². The Morgan fingerprint density at radius 3 is 2.89 bits per heavy atom. The van der Waals surface area contributed by atoms with Crippen LogP contribution in [0.2, 0.25) is 0 Å². The van der Waals surface area contributed by atoms with Gasteiger partial charge in [-0.25, -0.2) is 9.18 Å². The van der Waals surface area contributed by atoms with Gasteiger partial charge in [0.15, 0.2) is 0 Å². The predicted molar refractivity (Wildman–Crippen MR) is 67.4 cm³/mol. The summed E-state index contributed by atoms with van der Waals surface area (Å²) in [5.41, 5.74) is 5.50. The van der Waals surface area contributed by atoms with Crippen molar-refractivity contribution < 1.29 is 19.1 Å². The van der Waals surface area contributed by atoms with E-state index in [9.17, 15) is 14.0 Å². The van der Waals surface area contributed by atoms with Crippen molar-refractivity contribution in [3.8, 4) is 0 Å². The van der Waals surface area contributed by atoms with E-state index in [1.54, 1.807) is 0 Å². The minimum Gasteiger partial charge on any atom is -0.478 e. The highest BCUT2D eigenvalue weighted by Gasteiger charge is 2.23. The number of aromatic carboxylic acids is 1. The fraction of sp³-hybridized carbons (Fsp3) is 0.333. The molecule has 2 rings (SSSR count). The van der Waals surface area contributed by atoms with Gasteiger partial charge in [-0.2, -0.15) is 0 Å². The SMILES string of the molecule is Nc1cc(C(=O)O)c(F)cc1NC1CCCNC1=O. The number of rotatable bonds is 3. The van der Waals surface area contributed by atoms with Gasteiger partial charge in [0.25, 0.3) is 0 Å². The summed E-state index contributed by atoms with van der Waals surface area (Å²) in [6.45, 7) is 0.624. The Bertz CT molecular complexity index is 533. The molecule has 1 aromatic carbocycles. The van der Waals surface area contributed by atoms with Gasteiger partial charge in [0.2, 0.25) is 5.91 Å². The van der Waals surface area contributed by atoms with Gasteiger partial charge in [0.1, 0.15) is 11.9 Å². The summed E-state index contributed by atoms with van der Waals surface area (Å²) in [5, 5.41) is 14.3. The highest BCUT2D eigenvalue weighted by molar-refractivity contribution is 5.92. The zero-order chi connectivity index (χ0) is 14.0. The highest BCUT2D eigenvalue weighted by atomic mass is 19.1. The van der Waals surface area contributed by atoms with Gasteiger partial charge in [-0.05, 0) is 25.0 Å². The van der Waals surface area contributed by atoms with Crippen molar-refractivity contribution in [1.29, 1.82) is 0 Å². The van der Waals surface area contributed by atoms with Gasteiger partial charge in [-0.3, -0.25) is 4.79 Å². The Hall–Kier alpha value is -2.31. The van der Waals surface area contributed by atoms with E-state index < -0.39 is 23.4 Å². The quantitative estimate of drug-likeness (QED) is 0.606. The molecule has 102 valence electrons. The van der Waals surface area contributed by atoms with Crippen LogP contribution in [0, 0.1) is 5.82 Å². The Morgan fingerprint density at radius 1 is 1.53 bits per heavy atom. The van der Waals surface area contributed by atoms with Gasteiger partial charge in [-0.1, -0.05) is 0 Å². The standard InChI is InChI=1S/C12H14FN3O3/c13-7-5-10(8(14)4-6(7)12(18)19)16-9-2-1-3-15-11(9)17/h4-5,9,16H,1-3,14H2,(H,15,17)(H,18,19). The Labute approximate surface area is 108 Å². The number of carbonyl (C=O) groups is 2. The van der Waals surface area contributed by atoms with Gasteiger partial charge < -0.3 is 21.5 Å². The van der Waals surface area contributed by atoms with Crippen molar-refractivity contribution >= 4 is 23.3 Å². The number of anilines is 2. The maximum Gasteiger partial charge on any atom is 0.338 e. The number of carboxylic acid groups (broad SMARTS) is 1. The predicted octanol–water partition coefficient (Wildman–Crippen LogP) is 0.797. The number of nitrogen functional groups attached to an aromatic ring is 1. The van der Waals surface area contributed by atoms with Crippen LogP contribution in [0.25, 0.3) is 0 Å². The molecule has 1 heterocycles. The Morgan fingerprint density at radius 2 is 2.26 bits per heavy atom. The summed E-state index contributed by atoms with van der Waals surface area (Å²) in [4.78, 5) is 22.3. The summed E-state index contributed by atoms with van der Waals surface area (Å²) in [6.07, 6.45) is 1.44. The van der Waals surface area contributed by atoms with Crippen LogP contribution in [0.15, 0.2) is 12.1 Å². The van der Waals surface area contributed by atoms with E-state index in [1.165, 1.54) is 0 Å². The summed E-state index contributed by atoms with van der Waals surface area (Å²) in [5.74, 6) is -2.44. The second-order valence-corrected chi connectivity index (χ2v) is 4.35. The normalized spacial score (nSPS) is 18.8. The lowest BCUT2D eigenvalue weighted by Crippen LogP contribution is -2.44. The number of benzene rings is 1. The number of carbonyl (C=O) groups excluding carboxylic acids is 1. The largest absolute Gasteiger partial charge is 0.478 e. The molecule has 19 heavy (non-hydrogen) atoms. The minimum atomic E-state index is -1.38. The summed E-state index contributed by atoms with van der Waals surface area (Å²) in [6, 6.07) is 1.56. The van der Waals surface area contributed by atoms with Crippen molar-refractivity contribution in [2.45, 2.75) is 18.9 Å². The lowest BCUT2D eigenvalue weighted by molar-refractivity contribution is -0.123. The monoisotopic (exact) mass is 267 g/mol. The van der Waals surface area contributed by atoms with Gasteiger partial charge in [0, 0.05) is 6.54 Å². The second kappa shape index (κ2) is 5.13. The molecule has 1 unspecified atom stereocenters. The molecule has 0 saturated carbocycles. The molecule has 1 saturated heterocycles. The zero-order valence-corrected chi connectivity index (χ0v) is 10.1. The maximum absolute atomic E-state index is 13.6. The topological polar surface area (TPSA) is 104 Å². The third kappa shape index (κ3) is 2.75. The lowest BCUT2D eigenvalue weighted by atomic mass is 10.1. The third-order valence-corrected chi connectivity index (χ3v) is 2.98. The molecule has 1 amide bonds. The van der Waals surface area contributed by atoms with Crippen LogP contribution in [-0.4, -0.2) is 29.6 Å². The van der Waals surface area contributed by atoms with E-state index in [-0.39, 0.29) is 17.3 Å². The molecule has 0 bridgehead atoms. The van der Waals surface area contributed by atoms with Crippen molar-refractivity contribution in [2.75, 3.05) is 17.6 Å². The first kappa shape index (κ1) is 13.1. The van der Waals surface area contributed by atoms with Crippen LogP contribution in [0.3, 0.4) is 0 Å². The molecule has 1 aromatic rings. The molecule has 1 aliphatic heterocycles. The van der Waals surface area contributed by atoms with Crippen molar-refractivity contribution in [3.63, 3.8) is 0 Å². The minimum absolute atomic E-state index is 0.0946. The van der Waals surface area contributed by atoms with Crippen LogP contribution in [0.4, 0.5) is 15.8 Å². The Kier molecular flexibility index (Phi) is 3.55. The van der Waals surface area contributed by atoms with Crippen LogP contribution in [0.5, 0.6) is 0 Å². The van der Waals surface area contributed by atoms with E-state index in [0.29, 0.717) is 13.0 Å². The molecule has 1 atom stereocenters. The average molecular weight is 267 g/mol. The van der Waals surface area contributed by atoms with Crippen molar-refractivity contribution in [3.05, 3.63) is 23.5 Å². The fourth-order valence-corrected chi connectivity index (χ4v) is 1.98. The highest BCUT2D eigenvalue weighted by Crippen LogP contribution is 2.25. The molecule has 1 aliphatic rings. The molecule has 0 aromatic heterocycles. The number of halogens is 1. The average Bonchev–Trinajstić information content (AvgIpc) is 2.35. The molecule has 5 N–H and O–H groups in total. The van der Waals surface area contributed by atoms with Crippen molar-refractivity contribution in [2.24, 2.45) is 0 Å². The number of hydrogen-bond donors (Lipinski definition) is 4. The summed E-state index contributed by atoms with van der Waals surface area (Å²) < 4.78 is 13.6. The molecule has 6 nitrogen and oxygen atoms in total. The maximum atomic E-state index is 13.6. The lowest BCUT2D eigenvalue weighted by Gasteiger charge is -2.24.